The van der Waals surface area contributed by atoms with Crippen molar-refractivity contribution in [3.05, 3.63) is 39.9 Å². The quantitative estimate of drug-likeness (QED) is 0.878. The molecule has 2 rings (SSSR count). The molecule has 19 heavy (non-hydrogen) atoms. The average Bonchev–Trinajstić information content (AvgIpc) is 2.77. The van der Waals surface area contributed by atoms with Gasteiger partial charge in [-0.3, -0.25) is 0 Å². The number of rotatable bonds is 3. The molecule has 0 aliphatic heterocycles. The molecule has 0 bridgehead atoms. The van der Waals surface area contributed by atoms with Gasteiger partial charge in [0.1, 0.15) is 23.1 Å². The number of benzene rings is 1. The van der Waals surface area contributed by atoms with E-state index in [9.17, 15) is 13.6 Å². The Labute approximate surface area is 115 Å². The lowest BCUT2D eigenvalue weighted by atomic mass is 10.3. The van der Waals surface area contributed by atoms with Gasteiger partial charge in [-0.15, -0.1) is 5.10 Å². The van der Waals surface area contributed by atoms with Gasteiger partial charge in [-0.1, -0.05) is 6.92 Å². The SMILES string of the molecule is CCc1nc(C(=O)O)nn1-c1cc(F)c(Br)cc1F. The van der Waals surface area contributed by atoms with Gasteiger partial charge in [-0.25, -0.2) is 23.2 Å². The van der Waals surface area contributed by atoms with E-state index in [4.69, 9.17) is 5.11 Å². The zero-order valence-electron chi connectivity index (χ0n) is 9.69. The number of carboxylic acid groups (broad SMARTS) is 1. The third-order valence-corrected chi connectivity index (χ3v) is 3.01. The van der Waals surface area contributed by atoms with E-state index in [-0.39, 0.29) is 16.0 Å². The van der Waals surface area contributed by atoms with Crippen molar-refractivity contribution >= 4 is 21.9 Å². The van der Waals surface area contributed by atoms with Gasteiger partial charge >= 0.3 is 5.97 Å². The zero-order valence-corrected chi connectivity index (χ0v) is 11.3. The van der Waals surface area contributed by atoms with Crippen LogP contribution in [-0.2, 0) is 6.42 Å². The topological polar surface area (TPSA) is 68.0 Å². The largest absolute Gasteiger partial charge is 0.475 e. The third-order valence-electron chi connectivity index (χ3n) is 2.40. The second kappa shape index (κ2) is 5.04. The van der Waals surface area contributed by atoms with Gasteiger partial charge in [0.15, 0.2) is 0 Å². The maximum absolute atomic E-state index is 13.8. The Hall–Kier alpha value is -1.83. The summed E-state index contributed by atoms with van der Waals surface area (Å²) in [5.74, 6) is -2.96. The lowest BCUT2D eigenvalue weighted by Crippen LogP contribution is -2.06. The Balaban J connectivity index is 2.64. The number of aromatic carboxylic acids is 1. The summed E-state index contributed by atoms with van der Waals surface area (Å²) < 4.78 is 28.2. The predicted molar refractivity (Wildman–Crippen MR) is 65.3 cm³/mol. The molecule has 0 saturated carbocycles. The maximum atomic E-state index is 13.8. The zero-order chi connectivity index (χ0) is 14.2. The maximum Gasteiger partial charge on any atom is 0.375 e. The van der Waals surface area contributed by atoms with Crippen LogP contribution in [0.3, 0.4) is 0 Å². The Bertz CT molecular complexity index is 658. The molecule has 0 amide bonds. The first-order valence-corrected chi connectivity index (χ1v) is 6.07. The highest BCUT2D eigenvalue weighted by Crippen LogP contribution is 2.23. The van der Waals surface area contributed by atoms with E-state index in [1.54, 1.807) is 6.92 Å². The molecule has 0 saturated heterocycles. The van der Waals surface area contributed by atoms with E-state index in [1.165, 1.54) is 0 Å². The first-order chi connectivity index (χ1) is 8.93. The van der Waals surface area contributed by atoms with Crippen molar-refractivity contribution < 1.29 is 18.7 Å². The number of hydrogen-bond donors (Lipinski definition) is 1. The first kappa shape index (κ1) is 13.6. The summed E-state index contributed by atoms with van der Waals surface area (Å²) in [5.41, 5.74) is -0.183. The van der Waals surface area contributed by atoms with Crippen LogP contribution in [-0.4, -0.2) is 25.8 Å². The Morgan fingerprint density at radius 1 is 1.42 bits per heavy atom. The fourth-order valence-electron chi connectivity index (χ4n) is 1.53. The van der Waals surface area contributed by atoms with E-state index in [0.717, 1.165) is 16.8 Å². The van der Waals surface area contributed by atoms with Gasteiger partial charge < -0.3 is 5.11 Å². The lowest BCUT2D eigenvalue weighted by Gasteiger charge is -2.06. The number of carbonyl (C=O) groups is 1. The normalized spacial score (nSPS) is 10.7. The molecular formula is C11H8BrF2N3O2. The third kappa shape index (κ3) is 2.48. The van der Waals surface area contributed by atoms with Crippen molar-refractivity contribution in [2.45, 2.75) is 13.3 Å². The summed E-state index contributed by atoms with van der Waals surface area (Å²) in [6, 6.07) is 1.88. The van der Waals surface area contributed by atoms with Crippen molar-refractivity contribution in [2.75, 3.05) is 0 Å². The molecule has 0 unspecified atom stereocenters. The van der Waals surface area contributed by atoms with Gasteiger partial charge in [-0.2, -0.15) is 0 Å². The van der Waals surface area contributed by atoms with Crippen LogP contribution in [0.25, 0.3) is 5.69 Å². The van der Waals surface area contributed by atoms with Crippen LogP contribution in [0.15, 0.2) is 16.6 Å². The molecule has 100 valence electrons. The fourth-order valence-corrected chi connectivity index (χ4v) is 1.85. The van der Waals surface area contributed by atoms with Gasteiger partial charge in [-0.05, 0) is 22.0 Å². The highest BCUT2D eigenvalue weighted by Gasteiger charge is 2.18. The van der Waals surface area contributed by atoms with Gasteiger partial charge in [0.2, 0.25) is 0 Å². The molecule has 0 radical (unpaired) electrons. The van der Waals surface area contributed by atoms with Gasteiger partial charge in [0.25, 0.3) is 5.82 Å². The second-order valence-corrected chi connectivity index (χ2v) is 4.49. The monoisotopic (exact) mass is 331 g/mol. The molecule has 5 nitrogen and oxygen atoms in total. The molecule has 8 heteroatoms. The smallest absolute Gasteiger partial charge is 0.375 e. The molecule has 1 heterocycles. The number of hydrogen-bond acceptors (Lipinski definition) is 3. The summed E-state index contributed by atoms with van der Waals surface area (Å²) in [4.78, 5) is 14.6. The van der Waals surface area contributed by atoms with E-state index >= 15 is 0 Å². The molecule has 0 spiro atoms. The average molecular weight is 332 g/mol. The van der Waals surface area contributed by atoms with Gasteiger partial charge in [0.05, 0.1) is 4.47 Å². The standard InChI is InChI=1S/C11H8BrF2N3O2/c1-2-9-15-10(11(18)19)16-17(9)8-4-6(13)5(12)3-7(8)14/h3-4H,2H2,1H3,(H,18,19). The van der Waals surface area contributed by atoms with Crippen molar-refractivity contribution in [1.82, 2.24) is 14.8 Å². The van der Waals surface area contributed by atoms with Crippen molar-refractivity contribution in [1.29, 1.82) is 0 Å². The second-order valence-electron chi connectivity index (χ2n) is 3.64. The summed E-state index contributed by atoms with van der Waals surface area (Å²) in [6.45, 7) is 1.71. The van der Waals surface area contributed by atoms with Crippen molar-refractivity contribution in [3.63, 3.8) is 0 Å². The van der Waals surface area contributed by atoms with Crippen LogP contribution in [0.1, 0.15) is 23.4 Å². The number of aryl methyl sites for hydroxylation is 1. The molecule has 0 aliphatic rings. The highest BCUT2D eigenvalue weighted by atomic mass is 79.9. The summed E-state index contributed by atoms with van der Waals surface area (Å²) in [6.07, 6.45) is 0.331. The summed E-state index contributed by atoms with van der Waals surface area (Å²) in [5, 5.41) is 12.5. The van der Waals surface area contributed by atoms with Gasteiger partial charge in [0, 0.05) is 12.5 Å². The Kier molecular flexibility index (Phi) is 3.61. The number of aromatic nitrogens is 3. The number of halogens is 3. The highest BCUT2D eigenvalue weighted by molar-refractivity contribution is 9.10. The molecule has 0 fully saturated rings. The predicted octanol–water partition coefficient (Wildman–Crippen LogP) is 2.57. The minimum Gasteiger partial charge on any atom is -0.475 e. The van der Waals surface area contributed by atoms with Crippen LogP contribution >= 0.6 is 15.9 Å². The Morgan fingerprint density at radius 3 is 2.68 bits per heavy atom. The van der Waals surface area contributed by atoms with Crippen molar-refractivity contribution in [2.24, 2.45) is 0 Å². The fraction of sp³-hybridized carbons (Fsp3) is 0.182. The van der Waals surface area contributed by atoms with Crippen LogP contribution in [0.5, 0.6) is 0 Å². The molecule has 0 atom stereocenters. The minimum absolute atomic E-state index is 0.0228. The molecule has 1 N–H and O–H groups in total. The van der Waals surface area contributed by atoms with E-state index in [0.29, 0.717) is 6.42 Å². The first-order valence-electron chi connectivity index (χ1n) is 5.28. The summed E-state index contributed by atoms with van der Waals surface area (Å²) in [7, 11) is 0. The van der Waals surface area contributed by atoms with E-state index < -0.39 is 23.4 Å². The number of nitrogens with zero attached hydrogens (tertiary/aromatic N) is 3. The summed E-state index contributed by atoms with van der Waals surface area (Å²) >= 11 is 2.86. The van der Waals surface area contributed by atoms with E-state index in [2.05, 4.69) is 26.0 Å². The van der Waals surface area contributed by atoms with Crippen LogP contribution in [0, 0.1) is 11.6 Å². The minimum atomic E-state index is -1.33. The van der Waals surface area contributed by atoms with Crippen LogP contribution < -0.4 is 0 Å². The van der Waals surface area contributed by atoms with E-state index in [1.807, 2.05) is 0 Å². The molecule has 0 aliphatic carbocycles. The molecule has 1 aromatic carbocycles. The van der Waals surface area contributed by atoms with Crippen molar-refractivity contribution in [3.8, 4) is 5.69 Å². The van der Waals surface area contributed by atoms with Crippen LogP contribution in [0.4, 0.5) is 8.78 Å². The number of carboxylic acids is 1. The molecular weight excluding hydrogens is 324 g/mol. The van der Waals surface area contributed by atoms with Crippen LogP contribution in [0.2, 0.25) is 0 Å². The molecule has 2 aromatic rings. The lowest BCUT2D eigenvalue weighted by molar-refractivity contribution is 0.0683. The Morgan fingerprint density at radius 2 is 2.11 bits per heavy atom. The molecule has 1 aromatic heterocycles.